The van der Waals surface area contributed by atoms with E-state index in [4.69, 9.17) is 15.2 Å². The smallest absolute Gasteiger partial charge is 0.153 e. The molecule has 0 aliphatic heterocycles. The number of methoxy groups -OCH3 is 2. The summed E-state index contributed by atoms with van der Waals surface area (Å²) in [6, 6.07) is 3.63. The third-order valence-corrected chi connectivity index (χ3v) is 3.58. The van der Waals surface area contributed by atoms with Crippen molar-refractivity contribution in [2.45, 2.75) is 25.8 Å². The third-order valence-electron chi connectivity index (χ3n) is 3.58. The maximum absolute atomic E-state index is 11.2. The van der Waals surface area contributed by atoms with Gasteiger partial charge >= 0.3 is 0 Å². The third kappa shape index (κ3) is 3.52. The highest BCUT2D eigenvalue weighted by atomic mass is 16.5. The summed E-state index contributed by atoms with van der Waals surface area (Å²) < 4.78 is 10.6. The number of carbonyl (C=O) groups excluding carboxylic acids is 1. The number of rotatable bonds is 5. The van der Waals surface area contributed by atoms with Crippen LogP contribution in [0.15, 0.2) is 35.4 Å². The summed E-state index contributed by atoms with van der Waals surface area (Å²) in [6.07, 6.45) is 6.54. The fourth-order valence-electron chi connectivity index (χ4n) is 2.72. The van der Waals surface area contributed by atoms with Crippen molar-refractivity contribution < 1.29 is 14.3 Å². The van der Waals surface area contributed by atoms with Crippen molar-refractivity contribution in [1.82, 2.24) is 0 Å². The van der Waals surface area contributed by atoms with Crippen molar-refractivity contribution in [3.8, 4) is 11.5 Å². The number of carbonyl (C=O) groups is 1. The zero-order valence-electron chi connectivity index (χ0n) is 12.7. The average molecular weight is 287 g/mol. The van der Waals surface area contributed by atoms with E-state index in [1.807, 2.05) is 13.0 Å². The van der Waals surface area contributed by atoms with Gasteiger partial charge in [-0.3, -0.25) is 4.79 Å². The van der Waals surface area contributed by atoms with Gasteiger partial charge in [0.2, 0.25) is 0 Å². The molecule has 0 aromatic heterocycles. The topological polar surface area (TPSA) is 61.6 Å². The Bertz CT molecular complexity index is 602. The molecule has 0 radical (unpaired) electrons. The summed E-state index contributed by atoms with van der Waals surface area (Å²) in [4.78, 5) is 11.2. The summed E-state index contributed by atoms with van der Waals surface area (Å²) in [5.41, 5.74) is 9.92. The number of allylic oxidation sites excluding steroid dienone is 2. The molecule has 0 fully saturated rings. The van der Waals surface area contributed by atoms with Crippen molar-refractivity contribution >= 4 is 6.29 Å². The molecule has 0 spiro atoms. The lowest BCUT2D eigenvalue weighted by Gasteiger charge is -2.19. The Kier molecular flexibility index (Phi) is 4.81. The van der Waals surface area contributed by atoms with E-state index >= 15 is 0 Å². The van der Waals surface area contributed by atoms with E-state index < -0.39 is 0 Å². The van der Waals surface area contributed by atoms with Crippen LogP contribution in [0.3, 0.4) is 0 Å². The summed E-state index contributed by atoms with van der Waals surface area (Å²) in [7, 11) is 3.16. The fraction of sp³-hybridized carbons (Fsp3) is 0.353. The van der Waals surface area contributed by atoms with E-state index in [2.05, 4.69) is 12.2 Å². The second kappa shape index (κ2) is 6.59. The lowest BCUT2D eigenvalue weighted by molar-refractivity contribution is 0.112. The predicted molar refractivity (Wildman–Crippen MR) is 83.1 cm³/mol. The molecule has 1 aromatic carbocycles. The summed E-state index contributed by atoms with van der Waals surface area (Å²) >= 11 is 0. The maximum Gasteiger partial charge on any atom is 0.153 e. The molecule has 4 heteroatoms. The Morgan fingerprint density at radius 1 is 1.29 bits per heavy atom. The maximum atomic E-state index is 11.2. The van der Waals surface area contributed by atoms with E-state index in [9.17, 15) is 4.79 Å². The summed E-state index contributed by atoms with van der Waals surface area (Å²) in [6.45, 7) is 2.04. The standard InChI is InChI=1S/C17H21NO3/c1-11-4-12(7-15(18)5-11)6-13-8-14(10-19)17(21-3)9-16(13)20-2/h4-5,8-10,15H,6-7,18H2,1-3H3. The summed E-state index contributed by atoms with van der Waals surface area (Å²) in [5, 5.41) is 0. The molecule has 0 saturated heterocycles. The SMILES string of the molecule is COc1cc(OC)c(CC2=CC(C)=CC(N)C2)cc1C=O. The minimum atomic E-state index is 0.0554. The second-order valence-corrected chi connectivity index (χ2v) is 5.28. The van der Waals surface area contributed by atoms with Crippen LogP contribution in [-0.4, -0.2) is 26.5 Å². The highest BCUT2D eigenvalue weighted by molar-refractivity contribution is 5.80. The Morgan fingerprint density at radius 3 is 2.57 bits per heavy atom. The zero-order valence-corrected chi connectivity index (χ0v) is 12.7. The molecule has 2 rings (SSSR count). The van der Waals surface area contributed by atoms with Gasteiger partial charge in [0.15, 0.2) is 6.29 Å². The fourth-order valence-corrected chi connectivity index (χ4v) is 2.72. The minimum Gasteiger partial charge on any atom is -0.496 e. The average Bonchev–Trinajstić information content (AvgIpc) is 2.45. The molecule has 0 amide bonds. The van der Waals surface area contributed by atoms with E-state index in [-0.39, 0.29) is 6.04 Å². The molecule has 112 valence electrons. The highest BCUT2D eigenvalue weighted by Gasteiger charge is 2.15. The normalized spacial score (nSPS) is 17.8. The number of ether oxygens (including phenoxy) is 2. The van der Waals surface area contributed by atoms with Gasteiger partial charge in [0.1, 0.15) is 11.5 Å². The molecule has 0 saturated carbocycles. The number of benzene rings is 1. The molecule has 1 atom stereocenters. The first-order valence-electron chi connectivity index (χ1n) is 6.91. The van der Waals surface area contributed by atoms with Crippen LogP contribution >= 0.6 is 0 Å². The first-order chi connectivity index (χ1) is 10.1. The van der Waals surface area contributed by atoms with Gasteiger partial charge in [0, 0.05) is 12.1 Å². The van der Waals surface area contributed by atoms with Gasteiger partial charge in [0.25, 0.3) is 0 Å². The van der Waals surface area contributed by atoms with E-state index in [0.29, 0.717) is 17.7 Å². The summed E-state index contributed by atoms with van der Waals surface area (Å²) in [5.74, 6) is 1.25. The molecule has 4 nitrogen and oxygen atoms in total. The number of aldehydes is 1. The van der Waals surface area contributed by atoms with Crippen LogP contribution in [0.4, 0.5) is 0 Å². The van der Waals surface area contributed by atoms with Crippen LogP contribution in [0.25, 0.3) is 0 Å². The van der Waals surface area contributed by atoms with Crippen LogP contribution in [0, 0.1) is 0 Å². The van der Waals surface area contributed by atoms with E-state index in [1.54, 1.807) is 13.2 Å². The molecule has 0 heterocycles. The molecule has 1 unspecified atom stereocenters. The largest absolute Gasteiger partial charge is 0.496 e. The molecule has 2 N–H and O–H groups in total. The monoisotopic (exact) mass is 287 g/mol. The quantitative estimate of drug-likeness (QED) is 0.846. The van der Waals surface area contributed by atoms with Gasteiger partial charge in [-0.1, -0.05) is 23.3 Å². The number of nitrogens with two attached hydrogens (primary N) is 1. The molecule has 1 aromatic rings. The van der Waals surface area contributed by atoms with Crippen LogP contribution in [0.5, 0.6) is 11.5 Å². The second-order valence-electron chi connectivity index (χ2n) is 5.28. The molecular weight excluding hydrogens is 266 g/mol. The lowest BCUT2D eigenvalue weighted by Crippen LogP contribution is -2.21. The van der Waals surface area contributed by atoms with Crippen molar-refractivity contribution in [3.63, 3.8) is 0 Å². The first kappa shape index (κ1) is 15.3. The van der Waals surface area contributed by atoms with Crippen LogP contribution in [-0.2, 0) is 6.42 Å². The Morgan fingerprint density at radius 2 is 2.00 bits per heavy atom. The molecule has 1 aliphatic carbocycles. The van der Waals surface area contributed by atoms with Crippen LogP contribution < -0.4 is 15.2 Å². The van der Waals surface area contributed by atoms with Crippen LogP contribution in [0.2, 0.25) is 0 Å². The van der Waals surface area contributed by atoms with Crippen LogP contribution in [0.1, 0.15) is 29.3 Å². The van der Waals surface area contributed by atoms with Crippen molar-refractivity contribution in [2.75, 3.05) is 14.2 Å². The van der Waals surface area contributed by atoms with Gasteiger partial charge in [-0.25, -0.2) is 0 Å². The van der Waals surface area contributed by atoms with E-state index in [0.717, 1.165) is 24.0 Å². The van der Waals surface area contributed by atoms with Crippen molar-refractivity contribution in [3.05, 3.63) is 46.6 Å². The number of hydrogen-bond acceptors (Lipinski definition) is 4. The number of hydrogen-bond donors (Lipinski definition) is 1. The first-order valence-corrected chi connectivity index (χ1v) is 6.91. The zero-order chi connectivity index (χ0) is 15.4. The van der Waals surface area contributed by atoms with Crippen molar-refractivity contribution in [2.24, 2.45) is 5.73 Å². The predicted octanol–water partition coefficient (Wildman–Crippen LogP) is 2.66. The van der Waals surface area contributed by atoms with Gasteiger partial charge in [-0.05, 0) is 31.4 Å². The Hall–Kier alpha value is -2.07. The lowest BCUT2D eigenvalue weighted by atomic mass is 9.91. The molecular formula is C17H21NO3. The Balaban J connectivity index is 2.35. The Labute approximate surface area is 125 Å². The highest BCUT2D eigenvalue weighted by Crippen LogP contribution is 2.31. The molecule has 1 aliphatic rings. The molecule has 0 bridgehead atoms. The van der Waals surface area contributed by atoms with Gasteiger partial charge < -0.3 is 15.2 Å². The van der Waals surface area contributed by atoms with Gasteiger partial charge in [-0.15, -0.1) is 0 Å². The molecule has 21 heavy (non-hydrogen) atoms. The van der Waals surface area contributed by atoms with Crippen molar-refractivity contribution in [1.29, 1.82) is 0 Å². The van der Waals surface area contributed by atoms with Gasteiger partial charge in [0.05, 0.1) is 19.8 Å². The van der Waals surface area contributed by atoms with Gasteiger partial charge in [-0.2, -0.15) is 0 Å². The minimum absolute atomic E-state index is 0.0554. The van der Waals surface area contributed by atoms with E-state index in [1.165, 1.54) is 18.3 Å².